The molecule has 106 valence electrons. The molecule has 1 unspecified atom stereocenters. The van der Waals surface area contributed by atoms with E-state index in [9.17, 15) is 0 Å². The van der Waals surface area contributed by atoms with Gasteiger partial charge in [0, 0.05) is 24.4 Å². The summed E-state index contributed by atoms with van der Waals surface area (Å²) in [6, 6.07) is 6.22. The van der Waals surface area contributed by atoms with Gasteiger partial charge in [-0.15, -0.1) is 0 Å². The number of nitrogens with zero attached hydrogens (tertiary/aromatic N) is 2. The maximum Gasteiger partial charge on any atom is 0.258 e. The zero-order valence-electron chi connectivity index (χ0n) is 11.8. The number of nitrogens with one attached hydrogen (secondary N) is 1. The van der Waals surface area contributed by atoms with Crippen LogP contribution < -0.4 is 5.32 Å². The summed E-state index contributed by atoms with van der Waals surface area (Å²) in [7, 11) is 0. The van der Waals surface area contributed by atoms with Gasteiger partial charge in [-0.05, 0) is 37.5 Å². The van der Waals surface area contributed by atoms with Crippen molar-refractivity contribution in [2.75, 3.05) is 18.5 Å². The Kier molecular flexibility index (Phi) is 3.69. The van der Waals surface area contributed by atoms with Crippen LogP contribution in [0.3, 0.4) is 0 Å². The first-order valence-electron chi connectivity index (χ1n) is 7.14. The predicted octanol–water partition coefficient (Wildman–Crippen LogP) is 3.19. The van der Waals surface area contributed by atoms with Gasteiger partial charge in [0.1, 0.15) is 6.10 Å². The molecule has 0 spiro atoms. The Morgan fingerprint density at radius 2 is 2.30 bits per heavy atom. The highest BCUT2D eigenvalue weighted by molar-refractivity contribution is 5.66. The van der Waals surface area contributed by atoms with E-state index in [4.69, 9.17) is 9.26 Å². The topological polar surface area (TPSA) is 60.2 Å². The molecule has 3 rings (SSSR count). The van der Waals surface area contributed by atoms with Crippen LogP contribution in [0.2, 0.25) is 0 Å². The lowest BCUT2D eigenvalue weighted by molar-refractivity contribution is 0.0518. The van der Waals surface area contributed by atoms with Gasteiger partial charge < -0.3 is 14.6 Å². The molecule has 5 nitrogen and oxygen atoms in total. The van der Waals surface area contributed by atoms with Crippen LogP contribution in [0.25, 0.3) is 11.5 Å². The molecule has 20 heavy (non-hydrogen) atoms. The molecule has 0 aliphatic carbocycles. The maximum absolute atomic E-state index is 5.60. The number of anilines is 1. The molecule has 1 N–H and O–H groups in total. The number of ether oxygens (including phenoxy) is 1. The molecular weight excluding hydrogens is 254 g/mol. The van der Waals surface area contributed by atoms with Gasteiger partial charge in [-0.25, -0.2) is 0 Å². The van der Waals surface area contributed by atoms with Crippen molar-refractivity contribution in [1.82, 2.24) is 10.1 Å². The standard InChI is InChI=1S/C15H19N3O2/c1-3-13(19-4-2)14-17-15(20-18-14)11-6-5-10-7-8-16-12(10)9-11/h5-6,9,13,16H,3-4,7-8H2,1-2H3. The summed E-state index contributed by atoms with van der Waals surface area (Å²) in [6.45, 7) is 5.66. The van der Waals surface area contributed by atoms with Crippen molar-refractivity contribution in [3.63, 3.8) is 0 Å². The Labute approximate surface area is 118 Å². The number of benzene rings is 1. The second kappa shape index (κ2) is 5.63. The van der Waals surface area contributed by atoms with Crippen LogP contribution >= 0.6 is 0 Å². The van der Waals surface area contributed by atoms with Crippen molar-refractivity contribution in [2.45, 2.75) is 32.8 Å². The highest BCUT2D eigenvalue weighted by Gasteiger charge is 2.19. The Balaban J connectivity index is 1.86. The molecule has 1 aliphatic heterocycles. The minimum Gasteiger partial charge on any atom is -0.384 e. The molecule has 2 heterocycles. The fraction of sp³-hybridized carbons (Fsp3) is 0.467. The van der Waals surface area contributed by atoms with Crippen LogP contribution in [-0.4, -0.2) is 23.3 Å². The first-order valence-corrected chi connectivity index (χ1v) is 7.14. The summed E-state index contributed by atoms with van der Waals surface area (Å²) < 4.78 is 11.0. The van der Waals surface area contributed by atoms with Crippen LogP contribution in [0.5, 0.6) is 0 Å². The highest BCUT2D eigenvalue weighted by Crippen LogP contribution is 2.29. The van der Waals surface area contributed by atoms with Gasteiger partial charge in [0.2, 0.25) is 5.82 Å². The molecule has 0 radical (unpaired) electrons. The zero-order chi connectivity index (χ0) is 13.9. The van der Waals surface area contributed by atoms with Crippen LogP contribution in [0.1, 0.15) is 37.8 Å². The first-order chi connectivity index (χ1) is 9.81. The van der Waals surface area contributed by atoms with E-state index in [1.54, 1.807) is 0 Å². The molecule has 1 atom stereocenters. The lowest BCUT2D eigenvalue weighted by atomic mass is 10.1. The SMILES string of the molecule is CCOC(CC)c1noc(-c2ccc3c(c2)NCC3)n1. The summed E-state index contributed by atoms with van der Waals surface area (Å²) in [6.07, 6.45) is 1.82. The molecule has 0 amide bonds. The van der Waals surface area contributed by atoms with Gasteiger partial charge in [0.15, 0.2) is 0 Å². The molecule has 0 fully saturated rings. The summed E-state index contributed by atoms with van der Waals surface area (Å²) in [5.74, 6) is 1.17. The average Bonchev–Trinajstić information content (AvgIpc) is 3.12. The van der Waals surface area contributed by atoms with Crippen LogP contribution in [0.15, 0.2) is 22.7 Å². The van der Waals surface area contributed by atoms with E-state index in [-0.39, 0.29) is 6.10 Å². The normalized spacial score (nSPS) is 14.9. The monoisotopic (exact) mass is 273 g/mol. The van der Waals surface area contributed by atoms with E-state index in [1.165, 1.54) is 11.3 Å². The van der Waals surface area contributed by atoms with E-state index in [0.717, 1.165) is 24.9 Å². The molecule has 1 aromatic heterocycles. The third-order valence-corrected chi connectivity index (χ3v) is 3.53. The van der Waals surface area contributed by atoms with Gasteiger partial charge in [-0.1, -0.05) is 18.1 Å². The fourth-order valence-corrected chi connectivity index (χ4v) is 2.48. The summed E-state index contributed by atoms with van der Waals surface area (Å²) in [5, 5.41) is 7.40. The first kappa shape index (κ1) is 13.1. The Hall–Kier alpha value is -1.88. The quantitative estimate of drug-likeness (QED) is 0.906. The minimum atomic E-state index is -0.0925. The van der Waals surface area contributed by atoms with Gasteiger partial charge in [-0.3, -0.25) is 0 Å². The molecule has 0 saturated carbocycles. The van der Waals surface area contributed by atoms with Crippen LogP contribution in [0, 0.1) is 0 Å². The smallest absolute Gasteiger partial charge is 0.258 e. The second-order valence-electron chi connectivity index (χ2n) is 4.86. The number of rotatable bonds is 5. The molecule has 0 bridgehead atoms. The summed E-state index contributed by atoms with van der Waals surface area (Å²) in [5.41, 5.74) is 3.46. The van der Waals surface area contributed by atoms with E-state index >= 15 is 0 Å². The van der Waals surface area contributed by atoms with E-state index in [2.05, 4.69) is 34.5 Å². The lowest BCUT2D eigenvalue weighted by Crippen LogP contribution is -2.04. The Morgan fingerprint density at radius 1 is 1.40 bits per heavy atom. The number of fused-ring (bicyclic) bond motifs is 1. The van der Waals surface area contributed by atoms with Gasteiger partial charge >= 0.3 is 0 Å². The fourth-order valence-electron chi connectivity index (χ4n) is 2.48. The van der Waals surface area contributed by atoms with Gasteiger partial charge in [0.25, 0.3) is 5.89 Å². The zero-order valence-corrected chi connectivity index (χ0v) is 11.8. The van der Waals surface area contributed by atoms with Crippen molar-refractivity contribution in [2.24, 2.45) is 0 Å². The predicted molar refractivity (Wildman–Crippen MR) is 76.6 cm³/mol. The molecule has 2 aromatic rings. The number of hydrogen-bond donors (Lipinski definition) is 1. The third-order valence-electron chi connectivity index (χ3n) is 3.53. The Bertz CT molecular complexity index is 595. The van der Waals surface area contributed by atoms with Crippen molar-refractivity contribution >= 4 is 5.69 Å². The second-order valence-corrected chi connectivity index (χ2v) is 4.86. The number of aromatic nitrogens is 2. The van der Waals surface area contributed by atoms with E-state index < -0.39 is 0 Å². The molecular formula is C15H19N3O2. The van der Waals surface area contributed by atoms with Gasteiger partial charge in [-0.2, -0.15) is 4.98 Å². The molecule has 0 saturated heterocycles. The summed E-state index contributed by atoms with van der Waals surface area (Å²) in [4.78, 5) is 4.47. The van der Waals surface area contributed by atoms with E-state index in [1.807, 2.05) is 13.0 Å². The van der Waals surface area contributed by atoms with E-state index in [0.29, 0.717) is 18.3 Å². The van der Waals surface area contributed by atoms with Crippen molar-refractivity contribution in [1.29, 1.82) is 0 Å². The van der Waals surface area contributed by atoms with Crippen molar-refractivity contribution in [3.05, 3.63) is 29.6 Å². The molecule has 1 aliphatic rings. The van der Waals surface area contributed by atoms with Gasteiger partial charge in [0.05, 0.1) is 0 Å². The average molecular weight is 273 g/mol. The van der Waals surface area contributed by atoms with Crippen molar-refractivity contribution in [3.8, 4) is 11.5 Å². The molecule has 5 heteroatoms. The lowest BCUT2D eigenvalue weighted by Gasteiger charge is -2.09. The largest absolute Gasteiger partial charge is 0.384 e. The number of hydrogen-bond acceptors (Lipinski definition) is 5. The highest BCUT2D eigenvalue weighted by atomic mass is 16.5. The van der Waals surface area contributed by atoms with Crippen LogP contribution in [0.4, 0.5) is 5.69 Å². The molecule has 1 aromatic carbocycles. The van der Waals surface area contributed by atoms with Crippen LogP contribution in [-0.2, 0) is 11.2 Å². The minimum absolute atomic E-state index is 0.0925. The van der Waals surface area contributed by atoms with Crippen molar-refractivity contribution < 1.29 is 9.26 Å². The summed E-state index contributed by atoms with van der Waals surface area (Å²) >= 11 is 0. The maximum atomic E-state index is 5.60. The third kappa shape index (κ3) is 2.41. The Morgan fingerprint density at radius 3 is 3.10 bits per heavy atom.